The maximum atomic E-state index is 12.7. The average molecular weight is 304 g/mol. The number of carbonyl (C=O) groups is 1. The zero-order valence-corrected chi connectivity index (χ0v) is 11.7. The molecular weight excluding hydrogens is 291 g/mol. The highest BCUT2D eigenvalue weighted by Gasteiger charge is 2.16. The summed E-state index contributed by atoms with van der Waals surface area (Å²) in [5, 5.41) is 13.4. The second kappa shape index (κ2) is 6.66. The molecule has 0 saturated carbocycles. The Bertz CT molecular complexity index is 701. The number of nitrogens with one attached hydrogen (secondary N) is 1. The topological polar surface area (TPSA) is 81.5 Å². The highest BCUT2D eigenvalue weighted by atomic mass is 19.1. The molecule has 0 aliphatic rings. The fraction of sp³-hybridized carbons (Fsp3) is 0.133. The quantitative estimate of drug-likeness (QED) is 0.680. The number of ether oxygens (including phenoxy) is 1. The molecule has 114 valence electrons. The summed E-state index contributed by atoms with van der Waals surface area (Å²) in [5.74, 6) is -0.893. The first-order chi connectivity index (χ1) is 10.5. The van der Waals surface area contributed by atoms with Gasteiger partial charge in [-0.25, -0.2) is 4.39 Å². The Morgan fingerprint density at radius 2 is 1.95 bits per heavy atom. The Labute approximate surface area is 125 Å². The van der Waals surface area contributed by atoms with Crippen molar-refractivity contribution >= 4 is 17.3 Å². The molecule has 0 atom stereocenters. The van der Waals surface area contributed by atoms with Crippen LogP contribution in [0.5, 0.6) is 5.75 Å². The molecule has 0 fully saturated rings. The molecule has 0 bridgehead atoms. The Hall–Kier alpha value is -2.96. The van der Waals surface area contributed by atoms with Crippen molar-refractivity contribution in [1.82, 2.24) is 0 Å². The first kappa shape index (κ1) is 15.4. The molecule has 0 aliphatic heterocycles. The molecule has 0 spiro atoms. The summed E-state index contributed by atoms with van der Waals surface area (Å²) in [6.07, 6.45) is 0. The van der Waals surface area contributed by atoms with Crippen LogP contribution < -0.4 is 10.1 Å². The number of rotatable bonds is 5. The van der Waals surface area contributed by atoms with Gasteiger partial charge in [-0.3, -0.25) is 14.9 Å². The number of aryl methyl sites for hydroxylation is 1. The maximum Gasteiger partial charge on any atom is 0.311 e. The van der Waals surface area contributed by atoms with Gasteiger partial charge >= 0.3 is 5.69 Å². The molecule has 0 heterocycles. The summed E-state index contributed by atoms with van der Waals surface area (Å²) in [6.45, 7) is 1.33. The minimum Gasteiger partial charge on any atom is -0.477 e. The first-order valence-electron chi connectivity index (χ1n) is 6.39. The SMILES string of the molecule is Cc1ccc(OCC(=O)Nc2ccc(F)cc2)c([N+](=O)[O-])c1. The van der Waals surface area contributed by atoms with E-state index >= 15 is 0 Å². The number of nitro groups is 1. The fourth-order valence-corrected chi connectivity index (χ4v) is 1.77. The number of hydrogen-bond donors (Lipinski definition) is 1. The molecule has 0 aromatic heterocycles. The highest BCUT2D eigenvalue weighted by Crippen LogP contribution is 2.27. The molecule has 6 nitrogen and oxygen atoms in total. The van der Waals surface area contributed by atoms with Crippen LogP contribution in [-0.4, -0.2) is 17.4 Å². The van der Waals surface area contributed by atoms with Crippen LogP contribution in [0.2, 0.25) is 0 Å². The molecule has 1 amide bonds. The number of nitro benzene ring substituents is 1. The lowest BCUT2D eigenvalue weighted by atomic mass is 10.2. The normalized spacial score (nSPS) is 10.1. The van der Waals surface area contributed by atoms with Gasteiger partial charge < -0.3 is 10.1 Å². The Morgan fingerprint density at radius 1 is 1.27 bits per heavy atom. The van der Waals surface area contributed by atoms with Crippen LogP contribution >= 0.6 is 0 Å². The fourth-order valence-electron chi connectivity index (χ4n) is 1.77. The van der Waals surface area contributed by atoms with Gasteiger partial charge in [0.2, 0.25) is 0 Å². The van der Waals surface area contributed by atoms with Crippen molar-refractivity contribution in [1.29, 1.82) is 0 Å². The van der Waals surface area contributed by atoms with Crippen molar-refractivity contribution in [3.05, 3.63) is 64.0 Å². The third kappa shape index (κ3) is 4.02. The average Bonchev–Trinajstić information content (AvgIpc) is 2.48. The van der Waals surface area contributed by atoms with E-state index in [0.717, 1.165) is 5.56 Å². The molecule has 22 heavy (non-hydrogen) atoms. The predicted molar refractivity (Wildman–Crippen MR) is 78.4 cm³/mol. The predicted octanol–water partition coefficient (Wildman–Crippen LogP) is 3.06. The minimum atomic E-state index is -0.569. The van der Waals surface area contributed by atoms with Crippen molar-refractivity contribution < 1.29 is 18.8 Å². The van der Waals surface area contributed by atoms with Crippen molar-refractivity contribution in [2.75, 3.05) is 11.9 Å². The molecule has 0 unspecified atom stereocenters. The van der Waals surface area contributed by atoms with Gasteiger partial charge in [0.15, 0.2) is 12.4 Å². The number of carbonyl (C=O) groups excluding carboxylic acids is 1. The largest absolute Gasteiger partial charge is 0.477 e. The zero-order chi connectivity index (χ0) is 16.1. The smallest absolute Gasteiger partial charge is 0.311 e. The van der Waals surface area contributed by atoms with Gasteiger partial charge in [-0.15, -0.1) is 0 Å². The summed E-state index contributed by atoms with van der Waals surface area (Å²) >= 11 is 0. The van der Waals surface area contributed by atoms with E-state index < -0.39 is 16.6 Å². The van der Waals surface area contributed by atoms with Crippen LogP contribution in [0, 0.1) is 22.9 Å². The Balaban J connectivity index is 1.99. The van der Waals surface area contributed by atoms with E-state index in [1.165, 1.54) is 36.4 Å². The van der Waals surface area contributed by atoms with Gasteiger partial charge in [0, 0.05) is 11.8 Å². The standard InChI is InChI=1S/C15H13FN2O4/c1-10-2-7-14(13(8-10)18(20)21)22-9-15(19)17-12-5-3-11(16)4-6-12/h2-8H,9H2,1H3,(H,17,19). The van der Waals surface area contributed by atoms with Crippen LogP contribution in [0.4, 0.5) is 15.8 Å². The third-order valence-electron chi connectivity index (χ3n) is 2.80. The lowest BCUT2D eigenvalue weighted by molar-refractivity contribution is -0.385. The molecule has 2 rings (SSSR count). The Kier molecular flexibility index (Phi) is 4.67. The zero-order valence-electron chi connectivity index (χ0n) is 11.7. The monoisotopic (exact) mass is 304 g/mol. The first-order valence-corrected chi connectivity index (χ1v) is 6.39. The second-order valence-corrected chi connectivity index (χ2v) is 4.57. The lowest BCUT2D eigenvalue weighted by Crippen LogP contribution is -2.20. The van der Waals surface area contributed by atoms with E-state index in [1.807, 2.05) is 0 Å². The summed E-state index contributed by atoms with van der Waals surface area (Å²) in [4.78, 5) is 22.1. The van der Waals surface area contributed by atoms with Gasteiger partial charge in [-0.05, 0) is 42.8 Å². The van der Waals surface area contributed by atoms with Crippen LogP contribution in [0.3, 0.4) is 0 Å². The lowest BCUT2D eigenvalue weighted by Gasteiger charge is -2.08. The van der Waals surface area contributed by atoms with E-state index in [4.69, 9.17) is 4.74 Å². The molecule has 0 aliphatic carbocycles. The molecule has 1 N–H and O–H groups in total. The number of hydrogen-bond acceptors (Lipinski definition) is 4. The number of amides is 1. The summed E-state index contributed by atoms with van der Waals surface area (Å²) < 4.78 is 17.9. The van der Waals surface area contributed by atoms with E-state index in [1.54, 1.807) is 13.0 Å². The van der Waals surface area contributed by atoms with Crippen LogP contribution in [0.1, 0.15) is 5.56 Å². The van der Waals surface area contributed by atoms with Crippen molar-refractivity contribution in [3.8, 4) is 5.75 Å². The van der Waals surface area contributed by atoms with Crippen LogP contribution in [0.15, 0.2) is 42.5 Å². The van der Waals surface area contributed by atoms with E-state index in [0.29, 0.717) is 5.69 Å². The van der Waals surface area contributed by atoms with Gasteiger partial charge in [-0.2, -0.15) is 0 Å². The van der Waals surface area contributed by atoms with E-state index in [2.05, 4.69) is 5.32 Å². The van der Waals surface area contributed by atoms with Gasteiger partial charge in [0.05, 0.1) is 4.92 Å². The maximum absolute atomic E-state index is 12.7. The van der Waals surface area contributed by atoms with Gasteiger partial charge in [0.25, 0.3) is 5.91 Å². The van der Waals surface area contributed by atoms with Crippen LogP contribution in [-0.2, 0) is 4.79 Å². The molecule has 7 heteroatoms. The van der Waals surface area contributed by atoms with Crippen molar-refractivity contribution in [3.63, 3.8) is 0 Å². The van der Waals surface area contributed by atoms with E-state index in [9.17, 15) is 19.3 Å². The summed E-state index contributed by atoms with van der Waals surface area (Å²) in [6, 6.07) is 9.69. The number of anilines is 1. The second-order valence-electron chi connectivity index (χ2n) is 4.57. The number of halogens is 1. The van der Waals surface area contributed by atoms with Crippen molar-refractivity contribution in [2.24, 2.45) is 0 Å². The summed E-state index contributed by atoms with van der Waals surface area (Å²) in [5.41, 5.74) is 0.929. The van der Waals surface area contributed by atoms with Crippen molar-refractivity contribution in [2.45, 2.75) is 6.92 Å². The molecule has 0 radical (unpaired) electrons. The molecule has 2 aromatic carbocycles. The Morgan fingerprint density at radius 3 is 2.59 bits per heavy atom. The minimum absolute atomic E-state index is 0.0184. The van der Waals surface area contributed by atoms with E-state index in [-0.39, 0.29) is 18.0 Å². The summed E-state index contributed by atoms with van der Waals surface area (Å²) in [7, 11) is 0. The van der Waals surface area contributed by atoms with Crippen LogP contribution in [0.25, 0.3) is 0 Å². The number of benzene rings is 2. The molecular formula is C15H13FN2O4. The third-order valence-corrected chi connectivity index (χ3v) is 2.80. The highest BCUT2D eigenvalue weighted by molar-refractivity contribution is 5.91. The molecule has 0 saturated heterocycles. The number of nitrogens with zero attached hydrogens (tertiary/aromatic N) is 1. The van der Waals surface area contributed by atoms with Gasteiger partial charge in [-0.1, -0.05) is 6.07 Å². The van der Waals surface area contributed by atoms with Gasteiger partial charge in [0.1, 0.15) is 5.82 Å². The molecule has 2 aromatic rings.